The lowest BCUT2D eigenvalue weighted by molar-refractivity contribution is 0.0924. The molecular weight excluding hydrogens is 212 g/mol. The third-order valence-corrected chi connectivity index (χ3v) is 2.62. The third-order valence-electron chi connectivity index (χ3n) is 2.62. The Balaban J connectivity index is 4.38. The molecule has 1 atom stereocenters. The van der Waals surface area contributed by atoms with Gasteiger partial charge >= 0.3 is 0 Å². The number of ether oxygens (including phenoxy) is 1. The lowest BCUT2D eigenvalue weighted by Gasteiger charge is -2.33. The van der Waals surface area contributed by atoms with Gasteiger partial charge in [-0.3, -0.25) is 4.90 Å². The topological polar surface area (TPSA) is 24.5 Å². The van der Waals surface area contributed by atoms with Gasteiger partial charge in [-0.1, -0.05) is 13.0 Å². The first-order valence-electron chi connectivity index (χ1n) is 6.53. The molecule has 1 N–H and O–H groups in total. The van der Waals surface area contributed by atoms with E-state index in [-0.39, 0.29) is 5.54 Å². The molecule has 0 radical (unpaired) electrons. The van der Waals surface area contributed by atoms with E-state index in [0.717, 1.165) is 32.7 Å². The monoisotopic (exact) mass is 242 g/mol. The van der Waals surface area contributed by atoms with E-state index in [1.54, 1.807) is 7.11 Å². The third kappa shape index (κ3) is 8.36. The molecule has 0 aromatic rings. The molecule has 0 saturated carbocycles. The minimum atomic E-state index is 0.151. The van der Waals surface area contributed by atoms with Crippen LogP contribution in [0.5, 0.6) is 0 Å². The highest BCUT2D eigenvalue weighted by Crippen LogP contribution is 2.05. The Kier molecular flexibility index (Phi) is 8.48. The number of hydrogen-bond donors (Lipinski definition) is 1. The lowest BCUT2D eigenvalue weighted by Crippen LogP contribution is -2.49. The molecule has 0 rings (SSSR count). The maximum absolute atomic E-state index is 5.33. The highest BCUT2D eigenvalue weighted by molar-refractivity contribution is 4.83. The maximum atomic E-state index is 5.33. The van der Waals surface area contributed by atoms with Crippen molar-refractivity contribution in [1.29, 1.82) is 0 Å². The molecular formula is C14H30N2O. The fourth-order valence-corrected chi connectivity index (χ4v) is 1.79. The summed E-state index contributed by atoms with van der Waals surface area (Å²) in [6.45, 7) is 16.3. The summed E-state index contributed by atoms with van der Waals surface area (Å²) in [7, 11) is 1.77. The van der Waals surface area contributed by atoms with Gasteiger partial charge < -0.3 is 10.1 Å². The Morgan fingerprint density at radius 3 is 2.47 bits per heavy atom. The van der Waals surface area contributed by atoms with Gasteiger partial charge in [-0.2, -0.15) is 0 Å². The average Bonchev–Trinajstić information content (AvgIpc) is 2.23. The van der Waals surface area contributed by atoms with Crippen LogP contribution in [0.4, 0.5) is 0 Å². The van der Waals surface area contributed by atoms with Gasteiger partial charge in [-0.25, -0.2) is 0 Å². The lowest BCUT2D eigenvalue weighted by atomic mass is 10.1. The zero-order valence-corrected chi connectivity index (χ0v) is 12.3. The van der Waals surface area contributed by atoms with Gasteiger partial charge in [0.2, 0.25) is 0 Å². The van der Waals surface area contributed by atoms with Crippen LogP contribution in [0.3, 0.4) is 0 Å². The predicted molar refractivity (Wildman–Crippen MR) is 75.5 cm³/mol. The number of methoxy groups -OCH3 is 1. The van der Waals surface area contributed by atoms with Crippen LogP contribution < -0.4 is 5.32 Å². The fraction of sp³-hybridized carbons (Fsp3) is 0.857. The molecule has 1 unspecified atom stereocenters. The fourth-order valence-electron chi connectivity index (χ4n) is 1.79. The minimum Gasteiger partial charge on any atom is -0.383 e. The molecule has 3 heteroatoms. The van der Waals surface area contributed by atoms with E-state index >= 15 is 0 Å². The largest absolute Gasteiger partial charge is 0.383 e. The Morgan fingerprint density at radius 2 is 2.06 bits per heavy atom. The molecule has 0 saturated heterocycles. The van der Waals surface area contributed by atoms with Gasteiger partial charge in [0.25, 0.3) is 0 Å². The summed E-state index contributed by atoms with van der Waals surface area (Å²) >= 11 is 0. The molecule has 0 heterocycles. The van der Waals surface area contributed by atoms with Crippen molar-refractivity contribution < 1.29 is 4.74 Å². The van der Waals surface area contributed by atoms with E-state index < -0.39 is 0 Å². The van der Waals surface area contributed by atoms with Gasteiger partial charge in [0.05, 0.1) is 6.61 Å². The van der Waals surface area contributed by atoms with E-state index in [9.17, 15) is 0 Å². The maximum Gasteiger partial charge on any atom is 0.0630 e. The molecule has 17 heavy (non-hydrogen) atoms. The van der Waals surface area contributed by atoms with Crippen molar-refractivity contribution in [3.8, 4) is 0 Å². The SMILES string of the molecule is C=CCN(CCC)C(CNC(C)(C)C)COC. The van der Waals surface area contributed by atoms with Crippen molar-refractivity contribution in [1.82, 2.24) is 10.2 Å². The minimum absolute atomic E-state index is 0.151. The molecule has 0 spiro atoms. The Bertz CT molecular complexity index is 199. The quantitative estimate of drug-likeness (QED) is 0.628. The molecule has 3 nitrogen and oxygen atoms in total. The highest BCUT2D eigenvalue weighted by Gasteiger charge is 2.19. The second-order valence-electron chi connectivity index (χ2n) is 5.52. The summed E-state index contributed by atoms with van der Waals surface area (Å²) in [6, 6.07) is 0.414. The van der Waals surface area contributed by atoms with Crippen LogP contribution in [0, 0.1) is 0 Å². The van der Waals surface area contributed by atoms with Gasteiger partial charge in [0, 0.05) is 31.8 Å². The first kappa shape index (κ1) is 16.6. The van der Waals surface area contributed by atoms with Crippen LogP contribution in [0.25, 0.3) is 0 Å². The van der Waals surface area contributed by atoms with E-state index in [0.29, 0.717) is 6.04 Å². The first-order chi connectivity index (χ1) is 7.94. The molecule has 0 aromatic heterocycles. The van der Waals surface area contributed by atoms with E-state index in [1.807, 2.05) is 6.08 Å². The van der Waals surface area contributed by atoms with Crippen LogP contribution in [0.2, 0.25) is 0 Å². The zero-order valence-electron chi connectivity index (χ0n) is 12.3. The Hall–Kier alpha value is -0.380. The smallest absolute Gasteiger partial charge is 0.0630 e. The van der Waals surface area contributed by atoms with Crippen molar-refractivity contribution in [3.63, 3.8) is 0 Å². The van der Waals surface area contributed by atoms with E-state index in [1.165, 1.54) is 0 Å². The van der Waals surface area contributed by atoms with Gasteiger partial charge in [-0.15, -0.1) is 6.58 Å². The zero-order chi connectivity index (χ0) is 13.3. The van der Waals surface area contributed by atoms with Gasteiger partial charge in [0.15, 0.2) is 0 Å². The summed E-state index contributed by atoms with van der Waals surface area (Å²) in [4.78, 5) is 2.43. The second-order valence-corrected chi connectivity index (χ2v) is 5.52. The number of rotatable bonds is 9. The molecule has 0 aliphatic carbocycles. The van der Waals surface area contributed by atoms with Crippen molar-refractivity contribution in [2.75, 3.05) is 33.4 Å². The normalized spacial score (nSPS) is 14.0. The molecule has 0 amide bonds. The summed E-state index contributed by atoms with van der Waals surface area (Å²) in [5, 5.41) is 3.55. The van der Waals surface area contributed by atoms with E-state index in [2.05, 4.69) is 44.5 Å². The van der Waals surface area contributed by atoms with Crippen LogP contribution in [0.15, 0.2) is 12.7 Å². The Morgan fingerprint density at radius 1 is 1.41 bits per heavy atom. The van der Waals surface area contributed by atoms with Crippen molar-refractivity contribution >= 4 is 0 Å². The standard InChI is InChI=1S/C14H30N2O/c1-7-9-16(10-8-2)13(12-17-6)11-15-14(3,4)5/h7,13,15H,1,8-12H2,2-6H3. The van der Waals surface area contributed by atoms with Crippen molar-refractivity contribution in [2.24, 2.45) is 0 Å². The average molecular weight is 242 g/mol. The number of hydrogen-bond acceptors (Lipinski definition) is 3. The summed E-state index contributed by atoms with van der Waals surface area (Å²) < 4.78 is 5.33. The Labute approximate surface area is 107 Å². The van der Waals surface area contributed by atoms with Gasteiger partial charge in [0.1, 0.15) is 0 Å². The molecule has 0 fully saturated rings. The van der Waals surface area contributed by atoms with Crippen LogP contribution in [-0.2, 0) is 4.74 Å². The second kappa shape index (κ2) is 8.67. The molecule has 0 bridgehead atoms. The molecule has 0 aliphatic heterocycles. The highest BCUT2D eigenvalue weighted by atomic mass is 16.5. The number of nitrogens with one attached hydrogen (secondary N) is 1. The summed E-state index contributed by atoms with van der Waals surface area (Å²) in [5.41, 5.74) is 0.151. The van der Waals surface area contributed by atoms with Crippen LogP contribution >= 0.6 is 0 Å². The molecule has 102 valence electrons. The predicted octanol–water partition coefficient (Wildman–Crippen LogP) is 2.29. The van der Waals surface area contributed by atoms with Gasteiger partial charge in [-0.05, 0) is 33.7 Å². The van der Waals surface area contributed by atoms with Crippen LogP contribution in [0.1, 0.15) is 34.1 Å². The van der Waals surface area contributed by atoms with Crippen LogP contribution in [-0.4, -0.2) is 49.8 Å². The first-order valence-corrected chi connectivity index (χ1v) is 6.53. The number of nitrogens with zero attached hydrogens (tertiary/aromatic N) is 1. The van der Waals surface area contributed by atoms with E-state index in [4.69, 9.17) is 4.74 Å². The summed E-state index contributed by atoms with van der Waals surface area (Å²) in [6.07, 6.45) is 3.12. The summed E-state index contributed by atoms with van der Waals surface area (Å²) in [5.74, 6) is 0. The van der Waals surface area contributed by atoms with Crippen molar-refractivity contribution in [2.45, 2.75) is 45.7 Å². The van der Waals surface area contributed by atoms with Crippen molar-refractivity contribution in [3.05, 3.63) is 12.7 Å². The molecule has 0 aliphatic rings. The molecule has 0 aromatic carbocycles.